The monoisotopic (exact) mass is 456 g/mol. The fourth-order valence-electron chi connectivity index (χ4n) is 11.4. The molecule has 0 bridgehead atoms. The van der Waals surface area contributed by atoms with Crippen LogP contribution < -0.4 is 0 Å². The van der Waals surface area contributed by atoms with E-state index in [0.717, 1.165) is 38.5 Å². The Morgan fingerprint density at radius 2 is 1.64 bits per heavy atom. The normalized spacial score (nSPS) is 57.9. The minimum Gasteiger partial charge on any atom is -0.396 e. The minimum absolute atomic E-state index is 0.0853. The van der Waals surface area contributed by atoms with Crippen LogP contribution in [0.5, 0.6) is 0 Å². The van der Waals surface area contributed by atoms with Crippen molar-refractivity contribution in [3.63, 3.8) is 0 Å². The number of carbonyl (C=O) groups is 1. The number of aliphatic hydroxyl groups is 2. The molecule has 3 heteroatoms. The summed E-state index contributed by atoms with van der Waals surface area (Å²) in [5.41, 5.74) is 1.43. The first-order valence-corrected chi connectivity index (χ1v) is 13.8. The number of hydrogen-bond donors (Lipinski definition) is 2. The highest BCUT2D eigenvalue weighted by atomic mass is 16.3. The Kier molecular flexibility index (Phi) is 5.40. The van der Waals surface area contributed by atoms with Gasteiger partial charge in [0.25, 0.3) is 0 Å². The lowest BCUT2D eigenvalue weighted by molar-refractivity contribution is -0.252. The summed E-state index contributed by atoms with van der Waals surface area (Å²) in [6, 6.07) is 0. The van der Waals surface area contributed by atoms with Gasteiger partial charge in [0.2, 0.25) is 0 Å². The molecule has 5 aliphatic carbocycles. The Balaban J connectivity index is 1.55. The molecule has 0 saturated heterocycles. The van der Waals surface area contributed by atoms with E-state index in [4.69, 9.17) is 0 Å². The lowest BCUT2D eigenvalue weighted by atomic mass is 9.32. The van der Waals surface area contributed by atoms with E-state index in [1.54, 1.807) is 0 Å². The van der Waals surface area contributed by atoms with Crippen LogP contribution in [0.4, 0.5) is 0 Å². The lowest BCUT2D eigenvalue weighted by Crippen LogP contribution is -2.67. The van der Waals surface area contributed by atoms with Crippen molar-refractivity contribution < 1.29 is 15.0 Å². The topological polar surface area (TPSA) is 57.5 Å². The van der Waals surface area contributed by atoms with Gasteiger partial charge in [-0.2, -0.15) is 0 Å². The molecule has 5 aliphatic rings. The summed E-state index contributed by atoms with van der Waals surface area (Å²) in [6.07, 6.45) is 12.0. The van der Waals surface area contributed by atoms with Gasteiger partial charge in [0.15, 0.2) is 0 Å². The maximum atomic E-state index is 12.6. The molecule has 2 N–H and O–H groups in total. The van der Waals surface area contributed by atoms with Gasteiger partial charge in [-0.3, -0.25) is 0 Å². The van der Waals surface area contributed by atoms with Crippen LogP contribution in [0.15, 0.2) is 12.2 Å². The molecule has 0 unspecified atom stereocenters. The first-order valence-electron chi connectivity index (χ1n) is 13.8. The van der Waals surface area contributed by atoms with E-state index >= 15 is 0 Å². The maximum Gasteiger partial charge on any atom is 0.126 e. The van der Waals surface area contributed by atoms with Gasteiger partial charge in [-0.15, -0.1) is 0 Å². The predicted octanol–water partition coefficient (Wildman–Crippen LogP) is 6.18. The fourth-order valence-corrected chi connectivity index (χ4v) is 11.4. The number of carbonyl (C=O) groups excluding carboxylic acids is 1. The van der Waals surface area contributed by atoms with Crippen molar-refractivity contribution in [2.24, 2.45) is 56.7 Å². The van der Waals surface area contributed by atoms with E-state index in [9.17, 15) is 15.0 Å². The van der Waals surface area contributed by atoms with Crippen molar-refractivity contribution in [3.05, 3.63) is 12.2 Å². The standard InChI is InChI=1S/C30H48O3/c1-19(2)20-9-14-30(18-32)16-15-28(5)21(25(20)30)7-8-23-26(3)12-11-24(33)27(4,17-31)22(26)10-13-29(23,28)6/h18,20-25,31,33H,1,7-17H2,2-6H3/t20-,21+,22+,23+,24-,25-,26-,27-,28+,29+,30+/m0/s1. The number of rotatable bonds is 3. The van der Waals surface area contributed by atoms with Crippen LogP contribution in [-0.4, -0.2) is 29.2 Å². The number of hydrogen-bond acceptors (Lipinski definition) is 3. The third-order valence-electron chi connectivity index (χ3n) is 13.5. The quantitative estimate of drug-likeness (QED) is 0.394. The smallest absolute Gasteiger partial charge is 0.126 e. The summed E-state index contributed by atoms with van der Waals surface area (Å²) in [7, 11) is 0. The number of allylic oxidation sites excluding steroid dienone is 1. The third-order valence-corrected chi connectivity index (χ3v) is 13.5. The van der Waals surface area contributed by atoms with E-state index in [1.165, 1.54) is 37.5 Å². The Labute approximate surface area is 201 Å². The van der Waals surface area contributed by atoms with Crippen LogP contribution in [-0.2, 0) is 4.79 Å². The molecule has 5 saturated carbocycles. The number of fused-ring (bicyclic) bond motifs is 7. The van der Waals surface area contributed by atoms with Crippen molar-refractivity contribution in [1.29, 1.82) is 0 Å². The Hall–Kier alpha value is -0.670. The maximum absolute atomic E-state index is 12.6. The van der Waals surface area contributed by atoms with Crippen LogP contribution in [0, 0.1) is 56.7 Å². The Morgan fingerprint density at radius 1 is 0.909 bits per heavy atom. The zero-order valence-electron chi connectivity index (χ0n) is 21.8. The van der Waals surface area contributed by atoms with Gasteiger partial charge in [-0.05, 0) is 117 Å². The van der Waals surface area contributed by atoms with Crippen LogP contribution >= 0.6 is 0 Å². The highest BCUT2D eigenvalue weighted by molar-refractivity contribution is 5.62. The largest absolute Gasteiger partial charge is 0.396 e. The second-order valence-electron chi connectivity index (χ2n) is 14.3. The van der Waals surface area contributed by atoms with Gasteiger partial charge in [-0.25, -0.2) is 0 Å². The van der Waals surface area contributed by atoms with E-state index in [-0.39, 0.29) is 33.7 Å². The van der Waals surface area contributed by atoms with Crippen molar-refractivity contribution in [2.45, 2.75) is 105 Å². The Bertz CT molecular complexity index is 836. The summed E-state index contributed by atoms with van der Waals surface area (Å²) in [6.45, 7) is 16.5. The molecule has 0 spiro atoms. The summed E-state index contributed by atoms with van der Waals surface area (Å²) < 4.78 is 0. The van der Waals surface area contributed by atoms with Gasteiger partial charge >= 0.3 is 0 Å². The summed E-state index contributed by atoms with van der Waals surface area (Å²) in [5, 5.41) is 21.3. The van der Waals surface area contributed by atoms with E-state index in [1.807, 2.05) is 0 Å². The average molecular weight is 457 g/mol. The van der Waals surface area contributed by atoms with Crippen LogP contribution in [0.2, 0.25) is 0 Å². The van der Waals surface area contributed by atoms with Gasteiger partial charge in [-0.1, -0.05) is 39.8 Å². The molecule has 0 aliphatic heterocycles. The zero-order chi connectivity index (χ0) is 24.0. The first-order chi connectivity index (χ1) is 15.4. The van der Waals surface area contributed by atoms with E-state index in [2.05, 4.69) is 41.2 Å². The second-order valence-corrected chi connectivity index (χ2v) is 14.3. The van der Waals surface area contributed by atoms with Crippen molar-refractivity contribution in [2.75, 3.05) is 6.61 Å². The Morgan fingerprint density at radius 3 is 2.27 bits per heavy atom. The van der Waals surface area contributed by atoms with Gasteiger partial charge in [0.1, 0.15) is 6.29 Å². The molecule has 0 heterocycles. The van der Waals surface area contributed by atoms with E-state index < -0.39 is 6.10 Å². The highest BCUT2D eigenvalue weighted by Crippen LogP contribution is 2.77. The minimum atomic E-state index is -0.394. The molecule has 0 amide bonds. The summed E-state index contributed by atoms with van der Waals surface area (Å²) in [4.78, 5) is 12.6. The number of aliphatic hydroxyl groups excluding tert-OH is 2. The molecular formula is C30H48O3. The average Bonchev–Trinajstić information content (AvgIpc) is 3.17. The van der Waals surface area contributed by atoms with Gasteiger partial charge < -0.3 is 15.0 Å². The molecule has 0 aromatic heterocycles. The van der Waals surface area contributed by atoms with Crippen molar-refractivity contribution in [1.82, 2.24) is 0 Å². The third kappa shape index (κ3) is 2.79. The highest BCUT2D eigenvalue weighted by Gasteiger charge is 2.71. The fraction of sp³-hybridized carbons (Fsp3) is 0.900. The van der Waals surface area contributed by atoms with Crippen LogP contribution in [0.3, 0.4) is 0 Å². The van der Waals surface area contributed by atoms with Crippen molar-refractivity contribution in [3.8, 4) is 0 Å². The molecule has 0 radical (unpaired) electrons. The predicted molar refractivity (Wildman–Crippen MR) is 132 cm³/mol. The molecule has 0 aromatic carbocycles. The number of aldehydes is 1. The van der Waals surface area contributed by atoms with Crippen LogP contribution in [0.1, 0.15) is 98.8 Å². The molecule has 5 fully saturated rings. The van der Waals surface area contributed by atoms with E-state index in [0.29, 0.717) is 29.6 Å². The molecule has 5 rings (SSSR count). The molecule has 11 atom stereocenters. The van der Waals surface area contributed by atoms with Gasteiger partial charge in [0, 0.05) is 10.8 Å². The lowest BCUT2D eigenvalue weighted by Gasteiger charge is -2.72. The zero-order valence-corrected chi connectivity index (χ0v) is 21.8. The molecule has 3 nitrogen and oxygen atoms in total. The SMILES string of the molecule is C=C(C)[C@@H]1CC[C@]2(C=O)CC[C@]3(C)[C@H](CC[C@@H]4[C@@]5(C)CC[C@H](O)[C@@](C)(CO)[C@@H]5CC[C@]43C)[C@H]12. The summed E-state index contributed by atoms with van der Waals surface area (Å²) in [5.74, 6) is 2.56. The van der Waals surface area contributed by atoms with Crippen molar-refractivity contribution >= 4 is 6.29 Å². The van der Waals surface area contributed by atoms with Gasteiger partial charge in [0.05, 0.1) is 12.7 Å². The molecule has 186 valence electrons. The molecule has 0 aromatic rings. The van der Waals surface area contributed by atoms with Crippen LogP contribution in [0.25, 0.3) is 0 Å². The molecule has 33 heavy (non-hydrogen) atoms. The second kappa shape index (κ2) is 7.42. The molecular weight excluding hydrogens is 408 g/mol. The summed E-state index contributed by atoms with van der Waals surface area (Å²) >= 11 is 0. The first kappa shape index (κ1) is 24.0.